The molecule has 0 saturated heterocycles. The minimum Gasteiger partial charge on any atom is -0.479 e. The highest BCUT2D eigenvalue weighted by molar-refractivity contribution is 6.31. The lowest BCUT2D eigenvalue weighted by atomic mass is 10.1. The average molecular weight is 601 g/mol. The molecule has 1 amide bonds. The Hall–Kier alpha value is -3.93. The number of aromatic nitrogens is 1. The Kier molecular flexibility index (Phi) is 11.5. The highest BCUT2D eigenvalue weighted by Gasteiger charge is 2.29. The molecule has 1 unspecified atom stereocenters. The van der Waals surface area contributed by atoms with Crippen molar-refractivity contribution in [3.8, 4) is 5.75 Å². The number of ether oxygens (including phenoxy) is 2. The second kappa shape index (κ2) is 14.1. The van der Waals surface area contributed by atoms with Gasteiger partial charge in [0.1, 0.15) is 24.8 Å². The SMILES string of the molecule is CC.CC(C)(C)OC(=O)CC(NC(=O)Cn1ccc2ccc(Cl)cc2c1=O)C(=O)COc1c(F)c(F)cc(F)c1F. The zero-order valence-electron chi connectivity index (χ0n) is 22.9. The van der Waals surface area contributed by atoms with Gasteiger partial charge in [-0.2, -0.15) is 8.78 Å². The van der Waals surface area contributed by atoms with Gasteiger partial charge < -0.3 is 19.4 Å². The maximum Gasteiger partial charge on any atom is 0.308 e. The third kappa shape index (κ3) is 9.04. The fraction of sp³-hybridized carbons (Fsp3) is 0.357. The van der Waals surface area contributed by atoms with E-state index in [9.17, 15) is 36.7 Å². The van der Waals surface area contributed by atoms with Crippen molar-refractivity contribution in [2.45, 2.75) is 59.2 Å². The van der Waals surface area contributed by atoms with Crippen LogP contribution in [-0.2, 0) is 25.7 Å². The Morgan fingerprint density at radius 3 is 2.20 bits per heavy atom. The number of carbonyl (C=O) groups is 3. The molecule has 0 aliphatic carbocycles. The molecule has 222 valence electrons. The van der Waals surface area contributed by atoms with E-state index in [0.717, 1.165) is 4.57 Å². The van der Waals surface area contributed by atoms with Crippen LogP contribution in [0.25, 0.3) is 10.8 Å². The highest BCUT2D eigenvalue weighted by atomic mass is 35.5. The summed E-state index contributed by atoms with van der Waals surface area (Å²) >= 11 is 5.95. The van der Waals surface area contributed by atoms with E-state index in [4.69, 9.17) is 16.3 Å². The van der Waals surface area contributed by atoms with Crippen molar-refractivity contribution in [1.29, 1.82) is 0 Å². The summed E-state index contributed by atoms with van der Waals surface area (Å²) in [6, 6.07) is 4.53. The normalized spacial score (nSPS) is 11.8. The van der Waals surface area contributed by atoms with Crippen LogP contribution in [0.1, 0.15) is 41.0 Å². The van der Waals surface area contributed by atoms with Crippen LogP contribution in [0.4, 0.5) is 17.6 Å². The molecule has 0 bridgehead atoms. The number of halogens is 5. The molecule has 8 nitrogen and oxygen atoms in total. The minimum absolute atomic E-state index is 0.0342. The van der Waals surface area contributed by atoms with Gasteiger partial charge in [-0.05, 0) is 44.4 Å². The summed E-state index contributed by atoms with van der Waals surface area (Å²) in [6.07, 6.45) is 0.631. The number of hydrogen-bond donors (Lipinski definition) is 1. The fourth-order valence-corrected chi connectivity index (χ4v) is 3.66. The molecule has 0 spiro atoms. The highest BCUT2D eigenvalue weighted by Crippen LogP contribution is 2.26. The molecular formula is C28H29ClF4N2O6. The number of ketones is 1. The largest absolute Gasteiger partial charge is 0.479 e. The zero-order chi connectivity index (χ0) is 31.1. The summed E-state index contributed by atoms with van der Waals surface area (Å²) in [7, 11) is 0. The number of hydrogen-bond acceptors (Lipinski definition) is 6. The van der Waals surface area contributed by atoms with E-state index >= 15 is 0 Å². The molecule has 1 N–H and O–H groups in total. The first-order chi connectivity index (χ1) is 19.2. The maximum absolute atomic E-state index is 13.9. The molecule has 1 atom stereocenters. The van der Waals surface area contributed by atoms with E-state index in [1.807, 2.05) is 13.8 Å². The number of pyridine rings is 1. The van der Waals surface area contributed by atoms with Crippen molar-refractivity contribution in [2.75, 3.05) is 6.61 Å². The second-order valence-corrected chi connectivity index (χ2v) is 9.88. The van der Waals surface area contributed by atoms with Gasteiger partial charge in [-0.1, -0.05) is 31.5 Å². The van der Waals surface area contributed by atoms with Gasteiger partial charge in [0, 0.05) is 22.7 Å². The van der Waals surface area contributed by atoms with E-state index < -0.39 is 83.5 Å². The van der Waals surface area contributed by atoms with E-state index in [1.165, 1.54) is 12.3 Å². The molecule has 2 aromatic carbocycles. The van der Waals surface area contributed by atoms with Crippen LogP contribution in [0.5, 0.6) is 5.75 Å². The minimum atomic E-state index is -1.87. The predicted octanol–water partition coefficient (Wildman–Crippen LogP) is 5.10. The van der Waals surface area contributed by atoms with Crippen molar-refractivity contribution in [1.82, 2.24) is 9.88 Å². The number of Topliss-reactive ketones (excluding diaryl/α,β-unsaturated/α-hetero) is 1. The molecule has 0 radical (unpaired) electrons. The van der Waals surface area contributed by atoms with Crippen LogP contribution >= 0.6 is 11.6 Å². The number of nitrogens with zero attached hydrogens (tertiary/aromatic N) is 1. The molecule has 3 rings (SSSR count). The summed E-state index contributed by atoms with van der Waals surface area (Å²) in [6.45, 7) is 6.95. The second-order valence-electron chi connectivity index (χ2n) is 9.44. The monoisotopic (exact) mass is 600 g/mol. The molecule has 3 aromatic rings. The van der Waals surface area contributed by atoms with Gasteiger partial charge in [-0.25, -0.2) is 8.78 Å². The fourth-order valence-electron chi connectivity index (χ4n) is 3.49. The summed E-state index contributed by atoms with van der Waals surface area (Å²) in [4.78, 5) is 50.7. The number of benzene rings is 2. The Morgan fingerprint density at radius 2 is 1.61 bits per heavy atom. The number of nitrogens with one attached hydrogen (secondary N) is 1. The summed E-state index contributed by atoms with van der Waals surface area (Å²) in [5.74, 6) is -11.6. The molecule has 0 aliphatic heterocycles. The molecule has 0 aliphatic rings. The third-order valence-electron chi connectivity index (χ3n) is 5.20. The number of carbonyl (C=O) groups excluding carboxylic acids is 3. The van der Waals surface area contributed by atoms with Crippen LogP contribution in [0.15, 0.2) is 41.3 Å². The van der Waals surface area contributed by atoms with Gasteiger partial charge in [-0.15, -0.1) is 0 Å². The van der Waals surface area contributed by atoms with Gasteiger partial charge >= 0.3 is 5.97 Å². The first-order valence-corrected chi connectivity index (χ1v) is 12.8. The number of rotatable bonds is 9. The zero-order valence-corrected chi connectivity index (χ0v) is 23.7. The Balaban J connectivity index is 0.00000287. The average Bonchev–Trinajstić information content (AvgIpc) is 2.89. The van der Waals surface area contributed by atoms with Crippen LogP contribution in [0.2, 0.25) is 5.02 Å². The van der Waals surface area contributed by atoms with Crippen LogP contribution in [0, 0.1) is 23.3 Å². The van der Waals surface area contributed by atoms with Gasteiger partial charge in [0.25, 0.3) is 5.56 Å². The van der Waals surface area contributed by atoms with Gasteiger partial charge in [0.05, 0.1) is 6.42 Å². The maximum atomic E-state index is 13.9. The van der Waals surface area contributed by atoms with E-state index in [-0.39, 0.29) is 11.5 Å². The lowest BCUT2D eigenvalue weighted by molar-refractivity contribution is -0.156. The van der Waals surface area contributed by atoms with Gasteiger partial charge in [-0.3, -0.25) is 19.2 Å². The molecule has 0 saturated carbocycles. The van der Waals surface area contributed by atoms with E-state index in [1.54, 1.807) is 39.0 Å². The summed E-state index contributed by atoms with van der Waals surface area (Å²) in [5.41, 5.74) is -1.50. The van der Waals surface area contributed by atoms with Crippen LogP contribution < -0.4 is 15.6 Å². The Labute approximate surface area is 238 Å². The predicted molar refractivity (Wildman–Crippen MR) is 144 cm³/mol. The van der Waals surface area contributed by atoms with Gasteiger partial charge in [0.2, 0.25) is 17.5 Å². The molecule has 1 aromatic heterocycles. The van der Waals surface area contributed by atoms with Gasteiger partial charge in [0.15, 0.2) is 23.2 Å². The van der Waals surface area contributed by atoms with E-state index in [2.05, 4.69) is 10.1 Å². The third-order valence-corrected chi connectivity index (χ3v) is 5.43. The molecule has 0 fully saturated rings. The smallest absolute Gasteiger partial charge is 0.308 e. The molecule has 41 heavy (non-hydrogen) atoms. The standard InChI is InChI=1S/C26H23ClF4N2O6.C2H6/c1-26(2,3)39-21(36)10-18(19(34)12-38-24-22(30)16(28)9-17(29)23(24)31)32-20(35)11-33-7-6-13-4-5-14(27)8-15(13)25(33)37;1-2/h4-9,18H,10-12H2,1-3H3,(H,32,35);1-2H3. The molecule has 13 heteroatoms. The van der Waals surface area contributed by atoms with Crippen molar-refractivity contribution < 1.29 is 41.4 Å². The molecule has 1 heterocycles. The lowest BCUT2D eigenvalue weighted by Crippen LogP contribution is -2.46. The number of esters is 1. The first kappa shape index (κ1) is 33.3. The van der Waals surface area contributed by atoms with Crippen LogP contribution in [-0.4, -0.2) is 40.5 Å². The van der Waals surface area contributed by atoms with Crippen molar-refractivity contribution in [3.63, 3.8) is 0 Å². The number of amides is 1. The van der Waals surface area contributed by atoms with Crippen LogP contribution in [0.3, 0.4) is 0 Å². The summed E-state index contributed by atoms with van der Waals surface area (Å²) in [5, 5.41) is 3.38. The lowest BCUT2D eigenvalue weighted by Gasteiger charge is -2.22. The van der Waals surface area contributed by atoms with Crippen molar-refractivity contribution >= 4 is 40.0 Å². The quantitative estimate of drug-likeness (QED) is 0.208. The Bertz CT molecular complexity index is 1480. The van der Waals surface area contributed by atoms with E-state index in [0.29, 0.717) is 10.4 Å². The first-order valence-electron chi connectivity index (χ1n) is 12.4. The number of fused-ring (bicyclic) bond motifs is 1. The Morgan fingerprint density at radius 1 is 1.00 bits per heavy atom. The topological polar surface area (TPSA) is 104 Å². The molecular weight excluding hydrogens is 572 g/mol. The van der Waals surface area contributed by atoms with Crippen molar-refractivity contribution in [2.24, 2.45) is 0 Å². The summed E-state index contributed by atoms with van der Waals surface area (Å²) < 4.78 is 65.6. The van der Waals surface area contributed by atoms with Crippen molar-refractivity contribution in [3.05, 3.63) is 75.2 Å².